The van der Waals surface area contributed by atoms with Crippen molar-refractivity contribution in [3.63, 3.8) is 0 Å². The van der Waals surface area contributed by atoms with Gasteiger partial charge in [-0.05, 0) is 11.8 Å². The molecule has 1 rings (SSSR count). The lowest BCUT2D eigenvalue weighted by Gasteiger charge is -2.17. The molecular formula is C12H24N6O5S3. The molecule has 0 unspecified atom stereocenters. The molecule has 0 bridgehead atoms. The Balaban J connectivity index is 3.36. The van der Waals surface area contributed by atoms with E-state index in [0.29, 0.717) is 17.6 Å². The SMILES string of the molecule is CN(C)C(=O)n1nc(C(C)(C)C)nc1SC(NS(C)(=O)=O)NS(C)(=O)=O. The van der Waals surface area contributed by atoms with Gasteiger partial charge in [0.2, 0.25) is 20.0 Å². The third-order valence-electron chi connectivity index (χ3n) is 2.68. The molecule has 150 valence electrons. The summed E-state index contributed by atoms with van der Waals surface area (Å²) >= 11 is 0.713. The molecule has 0 spiro atoms. The molecule has 0 fully saturated rings. The summed E-state index contributed by atoms with van der Waals surface area (Å²) in [5, 5.41) is 4.23. The highest BCUT2D eigenvalue weighted by Crippen LogP contribution is 2.25. The summed E-state index contributed by atoms with van der Waals surface area (Å²) in [4.78, 5) is 17.9. The predicted octanol–water partition coefficient (Wildman–Crippen LogP) is -0.421. The quantitative estimate of drug-likeness (QED) is 0.459. The van der Waals surface area contributed by atoms with Crippen molar-refractivity contribution in [2.75, 3.05) is 26.6 Å². The molecule has 0 aliphatic carbocycles. The molecular weight excluding hydrogens is 404 g/mol. The van der Waals surface area contributed by atoms with E-state index < -0.39 is 37.0 Å². The Morgan fingerprint density at radius 1 is 1.12 bits per heavy atom. The molecule has 11 nitrogen and oxygen atoms in total. The van der Waals surface area contributed by atoms with Crippen molar-refractivity contribution in [2.24, 2.45) is 0 Å². The van der Waals surface area contributed by atoms with Crippen molar-refractivity contribution < 1.29 is 21.6 Å². The van der Waals surface area contributed by atoms with E-state index in [4.69, 9.17) is 0 Å². The summed E-state index contributed by atoms with van der Waals surface area (Å²) in [6.45, 7) is 5.55. The van der Waals surface area contributed by atoms with Crippen molar-refractivity contribution in [2.45, 2.75) is 36.8 Å². The maximum Gasteiger partial charge on any atom is 0.346 e. The fraction of sp³-hybridized carbons (Fsp3) is 0.750. The van der Waals surface area contributed by atoms with E-state index in [1.807, 2.05) is 20.8 Å². The monoisotopic (exact) mass is 428 g/mol. The maximum atomic E-state index is 12.4. The first-order valence-electron chi connectivity index (χ1n) is 7.30. The van der Waals surface area contributed by atoms with Gasteiger partial charge in [0.25, 0.3) is 0 Å². The molecule has 0 saturated carbocycles. The van der Waals surface area contributed by atoms with Crippen LogP contribution < -0.4 is 9.44 Å². The van der Waals surface area contributed by atoms with E-state index in [1.165, 1.54) is 19.0 Å². The minimum absolute atomic E-state index is 0.0472. The van der Waals surface area contributed by atoms with Gasteiger partial charge < -0.3 is 4.90 Å². The van der Waals surface area contributed by atoms with E-state index in [2.05, 4.69) is 19.5 Å². The number of amides is 1. The number of rotatable bonds is 6. The normalized spacial score (nSPS) is 13.2. The summed E-state index contributed by atoms with van der Waals surface area (Å²) in [7, 11) is -4.43. The molecule has 0 radical (unpaired) electrons. The Hall–Kier alpha value is -1.22. The van der Waals surface area contributed by atoms with Crippen molar-refractivity contribution in [3.05, 3.63) is 5.82 Å². The highest BCUT2D eigenvalue weighted by molar-refractivity contribution is 8.01. The van der Waals surface area contributed by atoms with E-state index >= 15 is 0 Å². The van der Waals surface area contributed by atoms with Crippen LogP contribution in [0, 0.1) is 0 Å². The fourth-order valence-electron chi connectivity index (χ4n) is 1.57. The van der Waals surface area contributed by atoms with Crippen molar-refractivity contribution >= 4 is 37.8 Å². The summed E-state index contributed by atoms with van der Waals surface area (Å²) in [5.74, 6) is 0.354. The zero-order valence-corrected chi connectivity index (χ0v) is 18.1. The number of hydrogen-bond acceptors (Lipinski definition) is 8. The highest BCUT2D eigenvalue weighted by atomic mass is 32.2. The Kier molecular flexibility index (Phi) is 6.84. The number of carbonyl (C=O) groups is 1. The molecule has 0 aliphatic heterocycles. The molecule has 26 heavy (non-hydrogen) atoms. The molecule has 0 atom stereocenters. The second kappa shape index (κ2) is 7.80. The van der Waals surface area contributed by atoms with Gasteiger partial charge in [-0.3, -0.25) is 0 Å². The first-order chi connectivity index (χ1) is 11.5. The Morgan fingerprint density at radius 2 is 1.58 bits per heavy atom. The largest absolute Gasteiger partial charge is 0.346 e. The molecule has 0 aliphatic rings. The summed E-state index contributed by atoms with van der Waals surface area (Å²) in [5.41, 5.74) is -1.78. The van der Waals surface area contributed by atoms with Gasteiger partial charge in [0.15, 0.2) is 11.0 Å². The average molecular weight is 429 g/mol. The lowest BCUT2D eigenvalue weighted by Crippen LogP contribution is -2.45. The zero-order valence-electron chi connectivity index (χ0n) is 15.6. The van der Waals surface area contributed by atoms with Gasteiger partial charge in [0, 0.05) is 19.5 Å². The van der Waals surface area contributed by atoms with Crippen molar-refractivity contribution in [1.29, 1.82) is 0 Å². The third kappa shape index (κ3) is 7.19. The van der Waals surface area contributed by atoms with E-state index in [1.54, 1.807) is 0 Å². The maximum absolute atomic E-state index is 12.4. The van der Waals surface area contributed by atoms with Crippen LogP contribution in [0.3, 0.4) is 0 Å². The number of aromatic nitrogens is 3. The van der Waals surface area contributed by atoms with Crippen molar-refractivity contribution in [3.8, 4) is 0 Å². The second-order valence-electron chi connectivity index (χ2n) is 6.83. The lowest BCUT2D eigenvalue weighted by atomic mass is 9.96. The van der Waals surface area contributed by atoms with E-state index in [0.717, 1.165) is 17.2 Å². The molecule has 0 aromatic carbocycles. The number of thioether (sulfide) groups is 1. The van der Waals surface area contributed by atoms with Gasteiger partial charge >= 0.3 is 6.03 Å². The number of nitrogens with zero attached hydrogens (tertiary/aromatic N) is 4. The summed E-state index contributed by atoms with van der Waals surface area (Å²) in [6, 6.07) is -0.507. The van der Waals surface area contributed by atoms with Gasteiger partial charge in [-0.2, -0.15) is 14.1 Å². The molecule has 1 amide bonds. The molecule has 1 aromatic heterocycles. The summed E-state index contributed by atoms with van der Waals surface area (Å²) in [6.07, 6.45) is 1.78. The fourth-order valence-corrected chi connectivity index (χ4v) is 4.54. The van der Waals surface area contributed by atoms with Crippen LogP contribution >= 0.6 is 11.8 Å². The zero-order chi connectivity index (χ0) is 20.5. The molecule has 0 saturated heterocycles. The Morgan fingerprint density at radius 3 is 1.92 bits per heavy atom. The van der Waals surface area contributed by atoms with Crippen LogP contribution in [0.5, 0.6) is 0 Å². The van der Waals surface area contributed by atoms with Crippen LogP contribution in [0.15, 0.2) is 5.16 Å². The third-order valence-corrected chi connectivity index (χ3v) is 5.25. The second-order valence-corrected chi connectivity index (χ2v) is 11.5. The van der Waals surface area contributed by atoms with E-state index in [9.17, 15) is 21.6 Å². The van der Waals surface area contributed by atoms with Gasteiger partial charge in [0.05, 0.1) is 12.5 Å². The molecule has 1 heterocycles. The molecule has 1 aromatic rings. The molecule has 2 N–H and O–H groups in total. The smallest absolute Gasteiger partial charge is 0.329 e. The average Bonchev–Trinajstić information content (AvgIpc) is 2.77. The topological polar surface area (TPSA) is 143 Å². The van der Waals surface area contributed by atoms with Gasteiger partial charge in [-0.25, -0.2) is 26.6 Å². The number of hydrogen-bond donors (Lipinski definition) is 2. The lowest BCUT2D eigenvalue weighted by molar-refractivity contribution is 0.213. The first kappa shape index (κ1) is 22.8. The van der Waals surface area contributed by atoms with Crippen LogP contribution in [0.25, 0.3) is 0 Å². The number of carbonyl (C=O) groups excluding carboxylic acids is 1. The summed E-state index contributed by atoms with van der Waals surface area (Å²) < 4.78 is 51.4. The number of sulfonamides is 2. The highest BCUT2D eigenvalue weighted by Gasteiger charge is 2.28. The van der Waals surface area contributed by atoms with Gasteiger partial charge in [-0.15, -0.1) is 5.10 Å². The van der Waals surface area contributed by atoms with Crippen LogP contribution in [0.2, 0.25) is 0 Å². The predicted molar refractivity (Wildman–Crippen MR) is 98.8 cm³/mol. The van der Waals surface area contributed by atoms with Gasteiger partial charge in [0.1, 0.15) is 5.50 Å². The van der Waals surface area contributed by atoms with Crippen LogP contribution in [-0.2, 0) is 25.5 Å². The van der Waals surface area contributed by atoms with Crippen LogP contribution in [0.1, 0.15) is 26.6 Å². The van der Waals surface area contributed by atoms with E-state index in [-0.39, 0.29) is 5.16 Å². The van der Waals surface area contributed by atoms with Crippen molar-refractivity contribution in [1.82, 2.24) is 29.1 Å². The number of nitrogens with one attached hydrogen (secondary N) is 2. The van der Waals surface area contributed by atoms with Crippen LogP contribution in [-0.4, -0.2) is 74.6 Å². The minimum Gasteiger partial charge on any atom is -0.329 e. The van der Waals surface area contributed by atoms with Gasteiger partial charge in [-0.1, -0.05) is 20.8 Å². The Labute approximate surface area is 158 Å². The standard InChI is InChI=1S/C12H24N6O5S3/c1-12(2,3)8-13-10(18(14-8)11(19)17(4)5)24-9(15-25(6,20)21)16-26(7,22)23/h9,15-16H,1-7H3. The Bertz CT molecular complexity index is 836. The molecule has 14 heteroatoms. The minimum atomic E-state index is -3.74. The van der Waals surface area contributed by atoms with Crippen LogP contribution in [0.4, 0.5) is 4.79 Å². The first-order valence-corrected chi connectivity index (χ1v) is 12.0.